The van der Waals surface area contributed by atoms with Gasteiger partial charge in [-0.25, -0.2) is 14.6 Å². The maximum absolute atomic E-state index is 12.4. The Balaban J connectivity index is 1.89. The van der Waals surface area contributed by atoms with Gasteiger partial charge in [0.05, 0.1) is 12.0 Å². The van der Waals surface area contributed by atoms with Crippen molar-refractivity contribution in [1.29, 1.82) is 0 Å². The van der Waals surface area contributed by atoms with Crippen LogP contribution in [0.2, 0.25) is 0 Å². The summed E-state index contributed by atoms with van der Waals surface area (Å²) >= 11 is 0. The third-order valence-electron chi connectivity index (χ3n) is 4.46. The number of carbonyl (C=O) groups excluding carboxylic acids is 1. The van der Waals surface area contributed by atoms with Gasteiger partial charge < -0.3 is 24.2 Å². The minimum absolute atomic E-state index is 0.172. The highest BCUT2D eigenvalue weighted by Gasteiger charge is 2.24. The number of rotatable bonds is 4. The van der Waals surface area contributed by atoms with Gasteiger partial charge in [-0.1, -0.05) is 0 Å². The van der Waals surface area contributed by atoms with Gasteiger partial charge in [0.15, 0.2) is 0 Å². The number of carbonyl (C=O) groups is 2. The van der Waals surface area contributed by atoms with Crippen molar-refractivity contribution in [3.63, 3.8) is 0 Å². The zero-order chi connectivity index (χ0) is 19.6. The summed E-state index contributed by atoms with van der Waals surface area (Å²) in [5.41, 5.74) is -0.505. The molecule has 3 rings (SSSR count). The fraction of sp³-hybridized carbons (Fsp3) is 0.471. The maximum Gasteiger partial charge on any atom is 0.409 e. The number of pyridine rings is 1. The van der Waals surface area contributed by atoms with Gasteiger partial charge in [-0.05, 0) is 13.8 Å². The largest absolute Gasteiger partial charge is 0.477 e. The Morgan fingerprint density at radius 3 is 2.52 bits per heavy atom. The van der Waals surface area contributed by atoms with Crippen LogP contribution in [0.3, 0.4) is 0 Å². The first-order valence-electron chi connectivity index (χ1n) is 8.76. The number of ether oxygens (including phenoxy) is 1. The fourth-order valence-electron chi connectivity index (χ4n) is 3.01. The van der Waals surface area contributed by atoms with E-state index in [-0.39, 0.29) is 17.0 Å². The van der Waals surface area contributed by atoms with Crippen LogP contribution in [0.4, 0.5) is 10.7 Å². The number of hydrogen-bond donors (Lipinski definition) is 1. The molecule has 10 nitrogen and oxygen atoms in total. The molecule has 0 aromatic carbocycles. The number of aromatic carboxylic acids is 1. The lowest BCUT2D eigenvalue weighted by Gasteiger charge is -2.34. The maximum atomic E-state index is 12.4. The van der Waals surface area contributed by atoms with E-state index in [1.165, 1.54) is 12.4 Å². The Bertz CT molecular complexity index is 933. The minimum atomic E-state index is -1.27. The Kier molecular flexibility index (Phi) is 5.24. The van der Waals surface area contributed by atoms with E-state index in [2.05, 4.69) is 9.97 Å². The van der Waals surface area contributed by atoms with Gasteiger partial charge in [0, 0.05) is 45.1 Å². The van der Waals surface area contributed by atoms with Crippen molar-refractivity contribution in [1.82, 2.24) is 19.4 Å². The third kappa shape index (κ3) is 3.55. The molecule has 1 aliphatic rings. The highest BCUT2D eigenvalue weighted by Crippen LogP contribution is 2.16. The Morgan fingerprint density at radius 1 is 1.22 bits per heavy atom. The van der Waals surface area contributed by atoms with Gasteiger partial charge >= 0.3 is 12.1 Å². The summed E-state index contributed by atoms with van der Waals surface area (Å²) in [5.74, 6) is -0.834. The molecule has 0 saturated carbocycles. The average Bonchev–Trinajstić information content (AvgIpc) is 2.68. The fourth-order valence-corrected chi connectivity index (χ4v) is 3.01. The van der Waals surface area contributed by atoms with Gasteiger partial charge in [-0.3, -0.25) is 4.79 Å². The van der Waals surface area contributed by atoms with Crippen molar-refractivity contribution in [3.05, 3.63) is 28.2 Å². The van der Waals surface area contributed by atoms with Crippen LogP contribution in [-0.4, -0.2) is 69.4 Å². The molecule has 3 heterocycles. The number of aromatic nitrogens is 3. The summed E-state index contributed by atoms with van der Waals surface area (Å²) < 4.78 is 6.63. The third-order valence-corrected chi connectivity index (χ3v) is 4.46. The van der Waals surface area contributed by atoms with E-state index in [1.807, 2.05) is 11.8 Å². The first-order valence-corrected chi connectivity index (χ1v) is 8.76. The molecule has 2 aromatic rings. The number of fused-ring (bicyclic) bond motifs is 1. The van der Waals surface area contributed by atoms with Crippen LogP contribution < -0.4 is 10.3 Å². The minimum Gasteiger partial charge on any atom is -0.477 e. The molecule has 1 fully saturated rings. The van der Waals surface area contributed by atoms with Crippen LogP contribution in [0.25, 0.3) is 11.0 Å². The van der Waals surface area contributed by atoms with Crippen LogP contribution in [0, 0.1) is 0 Å². The number of hydrogen-bond acceptors (Lipinski definition) is 7. The molecule has 27 heavy (non-hydrogen) atoms. The van der Waals surface area contributed by atoms with Crippen LogP contribution in [0.1, 0.15) is 24.2 Å². The topological polar surface area (TPSA) is 118 Å². The molecular formula is C17H21N5O5. The molecule has 1 amide bonds. The second-order valence-electron chi connectivity index (χ2n) is 6.04. The van der Waals surface area contributed by atoms with E-state index in [0.717, 1.165) is 0 Å². The van der Waals surface area contributed by atoms with Gasteiger partial charge in [0.2, 0.25) is 11.4 Å². The summed E-state index contributed by atoms with van der Waals surface area (Å²) in [5, 5.41) is 9.38. The van der Waals surface area contributed by atoms with Crippen molar-refractivity contribution in [2.24, 2.45) is 0 Å². The molecule has 0 bridgehead atoms. The van der Waals surface area contributed by atoms with E-state index in [9.17, 15) is 19.5 Å². The molecule has 1 N–H and O–H groups in total. The zero-order valence-corrected chi connectivity index (χ0v) is 15.2. The van der Waals surface area contributed by atoms with E-state index >= 15 is 0 Å². The summed E-state index contributed by atoms with van der Waals surface area (Å²) in [6, 6.07) is 0. The molecule has 0 atom stereocenters. The van der Waals surface area contributed by atoms with Gasteiger partial charge in [0.1, 0.15) is 11.2 Å². The summed E-state index contributed by atoms with van der Waals surface area (Å²) in [4.78, 5) is 47.7. The standard InChI is InChI=1S/C17H21N5O5/c1-3-20-10-12(15(24)25)13(23)11-9-18-16(19-14(11)20)21-5-7-22(8-6-21)17(26)27-4-2/h9-10H,3-8H2,1-2H3,(H,24,25). The second kappa shape index (κ2) is 7.60. The van der Waals surface area contributed by atoms with Crippen LogP contribution in [0.5, 0.6) is 0 Å². The Labute approximate surface area is 155 Å². The van der Waals surface area contributed by atoms with Crippen molar-refractivity contribution < 1.29 is 19.4 Å². The van der Waals surface area contributed by atoms with E-state index < -0.39 is 11.4 Å². The molecular weight excluding hydrogens is 354 g/mol. The SMILES string of the molecule is CCOC(=O)N1CCN(c2ncc3c(=O)c(C(=O)O)cn(CC)c3n2)CC1. The quantitative estimate of drug-likeness (QED) is 0.833. The molecule has 0 radical (unpaired) electrons. The molecule has 10 heteroatoms. The molecule has 144 valence electrons. The smallest absolute Gasteiger partial charge is 0.409 e. The molecule has 2 aromatic heterocycles. The van der Waals surface area contributed by atoms with Gasteiger partial charge in [0.25, 0.3) is 0 Å². The number of nitrogens with zero attached hydrogens (tertiary/aromatic N) is 5. The second-order valence-corrected chi connectivity index (χ2v) is 6.04. The number of aryl methyl sites for hydroxylation is 1. The average molecular weight is 375 g/mol. The first-order chi connectivity index (χ1) is 13.0. The van der Waals surface area contributed by atoms with Crippen LogP contribution in [-0.2, 0) is 11.3 Å². The van der Waals surface area contributed by atoms with E-state index in [4.69, 9.17) is 4.74 Å². The van der Waals surface area contributed by atoms with E-state index in [0.29, 0.717) is 50.9 Å². The first kappa shape index (κ1) is 18.6. The molecule has 0 aliphatic carbocycles. The van der Waals surface area contributed by atoms with Gasteiger partial charge in [-0.15, -0.1) is 0 Å². The number of amides is 1. The normalized spacial score (nSPS) is 14.4. The van der Waals surface area contributed by atoms with Crippen molar-refractivity contribution in [2.75, 3.05) is 37.7 Å². The van der Waals surface area contributed by atoms with Crippen LogP contribution in [0.15, 0.2) is 17.2 Å². The number of carboxylic acids is 1. The predicted octanol–water partition coefficient (Wildman–Crippen LogP) is 0.788. The highest BCUT2D eigenvalue weighted by molar-refractivity contribution is 5.91. The summed E-state index contributed by atoms with van der Waals surface area (Å²) in [6.45, 7) is 6.44. The molecule has 1 aliphatic heterocycles. The van der Waals surface area contributed by atoms with Crippen molar-refractivity contribution in [2.45, 2.75) is 20.4 Å². The number of carboxylic acid groups (broad SMARTS) is 1. The Morgan fingerprint density at radius 2 is 1.93 bits per heavy atom. The predicted molar refractivity (Wildman–Crippen MR) is 97.2 cm³/mol. The molecule has 0 unspecified atom stereocenters. The van der Waals surface area contributed by atoms with Gasteiger partial charge in [-0.2, -0.15) is 4.98 Å². The summed E-state index contributed by atoms with van der Waals surface area (Å²) in [7, 11) is 0. The highest BCUT2D eigenvalue weighted by atomic mass is 16.6. The Hall–Kier alpha value is -3.17. The monoisotopic (exact) mass is 375 g/mol. The van der Waals surface area contributed by atoms with Crippen LogP contribution >= 0.6 is 0 Å². The number of piperazine rings is 1. The lowest BCUT2D eigenvalue weighted by Crippen LogP contribution is -2.49. The lowest BCUT2D eigenvalue weighted by atomic mass is 10.2. The molecule has 1 saturated heterocycles. The lowest BCUT2D eigenvalue weighted by molar-refractivity contribution is 0.0694. The number of anilines is 1. The molecule has 0 spiro atoms. The van der Waals surface area contributed by atoms with E-state index in [1.54, 1.807) is 16.4 Å². The zero-order valence-electron chi connectivity index (χ0n) is 15.2. The summed E-state index contributed by atoms with van der Waals surface area (Å²) in [6.07, 6.45) is 2.34. The van der Waals surface area contributed by atoms with Crippen molar-refractivity contribution in [3.8, 4) is 0 Å². The van der Waals surface area contributed by atoms with Crippen molar-refractivity contribution >= 4 is 29.0 Å².